The third-order valence-corrected chi connectivity index (χ3v) is 7.58. The molecule has 0 nitrogen and oxygen atoms in total. The normalized spacial score (nSPS) is 29.3. The summed E-state index contributed by atoms with van der Waals surface area (Å²) in [5, 5.41) is 0. The van der Waals surface area contributed by atoms with E-state index < -0.39 is 0 Å². The van der Waals surface area contributed by atoms with E-state index in [1.807, 2.05) is 0 Å². The van der Waals surface area contributed by atoms with E-state index in [0.717, 1.165) is 23.7 Å². The fourth-order valence-corrected chi connectivity index (χ4v) is 5.74. The molecule has 0 heteroatoms. The summed E-state index contributed by atoms with van der Waals surface area (Å²) < 4.78 is 0. The van der Waals surface area contributed by atoms with Crippen LogP contribution in [0, 0.1) is 17.8 Å². The number of aryl methyl sites for hydroxylation is 1. The van der Waals surface area contributed by atoms with Crippen molar-refractivity contribution in [3.63, 3.8) is 0 Å². The van der Waals surface area contributed by atoms with Crippen molar-refractivity contribution in [2.24, 2.45) is 17.8 Å². The van der Waals surface area contributed by atoms with Crippen LogP contribution in [0.25, 0.3) is 0 Å². The van der Waals surface area contributed by atoms with Gasteiger partial charge in [0.05, 0.1) is 0 Å². The summed E-state index contributed by atoms with van der Waals surface area (Å²) in [5.41, 5.74) is 3.09. The lowest BCUT2D eigenvalue weighted by atomic mass is 9.68. The van der Waals surface area contributed by atoms with Crippen LogP contribution in [0.5, 0.6) is 0 Å². The Morgan fingerprint density at radius 2 is 1.48 bits per heavy atom. The second-order valence-corrected chi connectivity index (χ2v) is 9.38. The Bertz CT molecular complexity index is 536. The molecule has 150 valence electrons. The summed E-state index contributed by atoms with van der Waals surface area (Å²) in [6.45, 7) is 4.44. The molecule has 0 heterocycles. The minimum atomic E-state index is 0.826. The van der Waals surface area contributed by atoms with Gasteiger partial charge in [0.1, 0.15) is 0 Å². The van der Waals surface area contributed by atoms with Crippen molar-refractivity contribution in [3.8, 4) is 0 Å². The molecule has 2 aliphatic carbocycles. The zero-order valence-electron chi connectivity index (χ0n) is 18.0. The van der Waals surface area contributed by atoms with Gasteiger partial charge in [-0.2, -0.15) is 0 Å². The molecule has 0 saturated heterocycles. The second-order valence-electron chi connectivity index (χ2n) is 9.38. The first-order chi connectivity index (χ1) is 13.3. The molecule has 2 aliphatic rings. The number of unbranched alkanes of at least 4 members (excludes halogenated alkanes) is 1. The van der Waals surface area contributed by atoms with Crippen LogP contribution < -0.4 is 0 Å². The minimum absolute atomic E-state index is 0.826. The third-order valence-electron chi connectivity index (χ3n) is 7.58. The van der Waals surface area contributed by atoms with Crippen molar-refractivity contribution >= 4 is 0 Å². The third kappa shape index (κ3) is 6.23. The lowest BCUT2D eigenvalue weighted by Crippen LogP contribution is -2.25. The van der Waals surface area contributed by atoms with Gasteiger partial charge in [-0.1, -0.05) is 75.4 Å². The average molecular weight is 367 g/mol. The van der Waals surface area contributed by atoms with Gasteiger partial charge in [-0.3, -0.25) is 0 Å². The van der Waals surface area contributed by atoms with Gasteiger partial charge in [0.15, 0.2) is 0 Å². The smallest absolute Gasteiger partial charge is 0.0162 e. The van der Waals surface area contributed by atoms with E-state index in [4.69, 9.17) is 0 Å². The average Bonchev–Trinajstić information content (AvgIpc) is 2.73. The molecule has 0 aliphatic heterocycles. The van der Waals surface area contributed by atoms with Crippen LogP contribution in [0.2, 0.25) is 0 Å². The van der Waals surface area contributed by atoms with Crippen molar-refractivity contribution in [2.45, 2.75) is 103 Å². The summed E-state index contributed by atoms with van der Waals surface area (Å²) in [6, 6.07) is 9.61. The van der Waals surface area contributed by atoms with Gasteiger partial charge in [0.25, 0.3) is 0 Å². The fraction of sp³-hybridized carbons (Fsp3) is 0.704. The van der Waals surface area contributed by atoms with Gasteiger partial charge in [0, 0.05) is 0 Å². The first kappa shape index (κ1) is 20.7. The highest BCUT2D eigenvalue weighted by atomic mass is 14.4. The molecule has 1 aromatic rings. The lowest BCUT2D eigenvalue weighted by molar-refractivity contribution is 0.156. The second kappa shape index (κ2) is 11.1. The van der Waals surface area contributed by atoms with Crippen LogP contribution in [0.4, 0.5) is 0 Å². The van der Waals surface area contributed by atoms with E-state index in [2.05, 4.69) is 50.3 Å². The predicted molar refractivity (Wildman–Crippen MR) is 119 cm³/mol. The van der Waals surface area contributed by atoms with Gasteiger partial charge >= 0.3 is 0 Å². The molecule has 0 amide bonds. The lowest BCUT2D eigenvalue weighted by Gasteiger charge is -2.38. The molecule has 0 unspecified atom stereocenters. The van der Waals surface area contributed by atoms with Crippen LogP contribution in [0.1, 0.15) is 108 Å². The van der Waals surface area contributed by atoms with Crippen molar-refractivity contribution < 1.29 is 0 Å². The summed E-state index contributed by atoms with van der Waals surface area (Å²) in [5.74, 6) is 3.97. The van der Waals surface area contributed by atoms with Crippen LogP contribution >= 0.6 is 0 Å². The Labute approximate surface area is 168 Å². The monoisotopic (exact) mass is 366 g/mol. The number of allylic oxidation sites excluding steroid dienone is 2. The number of hydrogen-bond donors (Lipinski definition) is 0. The standard InChI is InChI=1S/C27H42/c1-3-5-7-9-23-12-16-25(17-13-23)27-20-18-26(19-21-27)24-14-10-22(11-15-24)8-6-4-2/h3,5,12-13,16-17,22,24,26-27H,4,6-11,14-15,18-21H2,1-2H3/b5-3+. The molecule has 27 heavy (non-hydrogen) atoms. The van der Waals surface area contributed by atoms with Crippen LogP contribution in [0.3, 0.4) is 0 Å². The van der Waals surface area contributed by atoms with Gasteiger partial charge in [-0.05, 0) is 93.1 Å². The quantitative estimate of drug-likeness (QED) is 0.405. The minimum Gasteiger partial charge on any atom is -0.0917 e. The van der Waals surface area contributed by atoms with Gasteiger partial charge < -0.3 is 0 Å². The SMILES string of the molecule is C/C=C/CCc1ccc(C2CCC(C3CCC(CCCC)CC3)CC2)cc1. The van der Waals surface area contributed by atoms with Gasteiger partial charge in [-0.25, -0.2) is 0 Å². The van der Waals surface area contributed by atoms with Crippen molar-refractivity contribution in [1.29, 1.82) is 0 Å². The molecule has 0 aromatic heterocycles. The Balaban J connectivity index is 1.41. The van der Waals surface area contributed by atoms with E-state index in [1.165, 1.54) is 89.0 Å². The summed E-state index contributed by atoms with van der Waals surface area (Å²) in [7, 11) is 0. The van der Waals surface area contributed by atoms with Crippen molar-refractivity contribution in [2.75, 3.05) is 0 Å². The van der Waals surface area contributed by atoms with E-state index in [-0.39, 0.29) is 0 Å². The number of benzene rings is 1. The summed E-state index contributed by atoms with van der Waals surface area (Å²) >= 11 is 0. The highest BCUT2D eigenvalue weighted by Gasteiger charge is 2.31. The molecular weight excluding hydrogens is 324 g/mol. The molecule has 0 bridgehead atoms. The van der Waals surface area contributed by atoms with Crippen LogP contribution in [0.15, 0.2) is 36.4 Å². The number of hydrogen-bond acceptors (Lipinski definition) is 0. The van der Waals surface area contributed by atoms with E-state index in [0.29, 0.717) is 0 Å². The molecule has 0 radical (unpaired) electrons. The van der Waals surface area contributed by atoms with Crippen LogP contribution in [-0.4, -0.2) is 0 Å². The van der Waals surface area contributed by atoms with Crippen molar-refractivity contribution in [1.82, 2.24) is 0 Å². The number of rotatable bonds is 8. The first-order valence-electron chi connectivity index (χ1n) is 12.0. The fourth-order valence-electron chi connectivity index (χ4n) is 5.74. The summed E-state index contributed by atoms with van der Waals surface area (Å²) in [4.78, 5) is 0. The van der Waals surface area contributed by atoms with Crippen LogP contribution in [-0.2, 0) is 6.42 Å². The Kier molecular flexibility index (Phi) is 8.49. The summed E-state index contributed by atoms with van der Waals surface area (Å²) in [6.07, 6.45) is 23.0. The van der Waals surface area contributed by atoms with E-state index in [9.17, 15) is 0 Å². The van der Waals surface area contributed by atoms with E-state index in [1.54, 1.807) is 5.56 Å². The van der Waals surface area contributed by atoms with E-state index >= 15 is 0 Å². The molecule has 2 fully saturated rings. The highest BCUT2D eigenvalue weighted by molar-refractivity contribution is 5.26. The zero-order valence-corrected chi connectivity index (χ0v) is 18.0. The maximum absolute atomic E-state index is 2.43. The topological polar surface area (TPSA) is 0 Å². The maximum atomic E-state index is 2.43. The highest BCUT2D eigenvalue weighted by Crippen LogP contribution is 2.44. The molecule has 0 atom stereocenters. The predicted octanol–water partition coefficient (Wildman–Crippen LogP) is 8.47. The molecule has 0 spiro atoms. The Morgan fingerprint density at radius 1 is 0.852 bits per heavy atom. The molecule has 3 rings (SSSR count). The van der Waals surface area contributed by atoms with Gasteiger partial charge in [0.2, 0.25) is 0 Å². The van der Waals surface area contributed by atoms with Gasteiger partial charge in [-0.15, -0.1) is 0 Å². The molecule has 1 aromatic carbocycles. The van der Waals surface area contributed by atoms with Crippen molar-refractivity contribution in [3.05, 3.63) is 47.5 Å². The zero-order chi connectivity index (χ0) is 18.9. The Hall–Kier alpha value is -1.04. The largest absolute Gasteiger partial charge is 0.0917 e. The first-order valence-corrected chi connectivity index (χ1v) is 12.0. The molecular formula is C27H42. The maximum Gasteiger partial charge on any atom is -0.0162 e. The Morgan fingerprint density at radius 3 is 2.07 bits per heavy atom. The molecule has 0 N–H and O–H groups in total. The molecule has 2 saturated carbocycles.